The molecule has 1 aliphatic rings. The van der Waals surface area contributed by atoms with Gasteiger partial charge >= 0.3 is 0 Å². The summed E-state index contributed by atoms with van der Waals surface area (Å²) in [6.45, 7) is 7.33. The van der Waals surface area contributed by atoms with Crippen LogP contribution in [0.5, 0.6) is 5.75 Å². The molecule has 1 aliphatic heterocycles. The molecule has 2 aromatic rings. The van der Waals surface area contributed by atoms with Crippen LogP contribution in [0.4, 0.5) is 11.4 Å². The predicted octanol–water partition coefficient (Wildman–Crippen LogP) is 3.84. The molecule has 1 heterocycles. The second kappa shape index (κ2) is 8.99. The minimum absolute atomic E-state index is 0.0162. The molecule has 2 amide bonds. The standard InChI is InChI=1S/C23H29N3O3/c1-15-7-8-19(24)13-20(15)25-23(28)18-11-16(2)22(17(3)12-18)29-14-21(27)26-9-5-4-6-10-26/h7-8,11-13H,4-6,9-10,14,24H2,1-3H3,(H,25,28). The zero-order valence-electron chi connectivity index (χ0n) is 17.4. The van der Waals surface area contributed by atoms with E-state index in [-0.39, 0.29) is 18.4 Å². The number of nitrogens with one attached hydrogen (secondary N) is 1. The Morgan fingerprint density at radius 2 is 1.66 bits per heavy atom. The lowest BCUT2D eigenvalue weighted by atomic mass is 10.0. The Morgan fingerprint density at radius 1 is 1.00 bits per heavy atom. The van der Waals surface area contributed by atoms with Gasteiger partial charge in [-0.1, -0.05) is 6.07 Å². The molecule has 1 fully saturated rings. The number of ether oxygens (including phenoxy) is 1. The molecule has 1 saturated heterocycles. The van der Waals surface area contributed by atoms with Crippen LogP contribution in [-0.2, 0) is 4.79 Å². The third kappa shape index (κ3) is 5.08. The number of benzene rings is 2. The summed E-state index contributed by atoms with van der Waals surface area (Å²) in [5, 5.41) is 2.91. The Balaban J connectivity index is 1.69. The number of carbonyl (C=O) groups is 2. The van der Waals surface area contributed by atoms with Crippen molar-refractivity contribution in [2.24, 2.45) is 0 Å². The van der Waals surface area contributed by atoms with E-state index >= 15 is 0 Å². The highest BCUT2D eigenvalue weighted by Gasteiger charge is 2.18. The second-order valence-corrected chi connectivity index (χ2v) is 7.70. The highest BCUT2D eigenvalue weighted by Crippen LogP contribution is 2.26. The van der Waals surface area contributed by atoms with Crippen molar-refractivity contribution in [3.63, 3.8) is 0 Å². The van der Waals surface area contributed by atoms with Crippen LogP contribution in [0.25, 0.3) is 0 Å². The number of rotatable bonds is 5. The predicted molar refractivity (Wildman–Crippen MR) is 115 cm³/mol. The lowest BCUT2D eigenvalue weighted by Crippen LogP contribution is -2.38. The smallest absolute Gasteiger partial charge is 0.260 e. The second-order valence-electron chi connectivity index (χ2n) is 7.70. The van der Waals surface area contributed by atoms with Gasteiger partial charge in [-0.15, -0.1) is 0 Å². The fourth-order valence-electron chi connectivity index (χ4n) is 3.65. The number of amides is 2. The average molecular weight is 396 g/mol. The molecule has 3 rings (SSSR count). The number of piperidine rings is 1. The minimum Gasteiger partial charge on any atom is -0.483 e. The largest absolute Gasteiger partial charge is 0.483 e. The van der Waals surface area contributed by atoms with Crippen LogP contribution < -0.4 is 15.8 Å². The van der Waals surface area contributed by atoms with E-state index in [1.165, 1.54) is 6.42 Å². The molecule has 0 bridgehead atoms. The van der Waals surface area contributed by atoms with E-state index in [2.05, 4.69) is 5.32 Å². The molecule has 29 heavy (non-hydrogen) atoms. The number of carbonyl (C=O) groups excluding carboxylic acids is 2. The number of aryl methyl sites for hydroxylation is 3. The number of likely N-dealkylation sites (tertiary alicyclic amines) is 1. The number of nitrogen functional groups attached to an aromatic ring is 1. The SMILES string of the molecule is Cc1ccc(N)cc1NC(=O)c1cc(C)c(OCC(=O)N2CCCCC2)c(C)c1. The summed E-state index contributed by atoms with van der Waals surface area (Å²) in [6, 6.07) is 8.99. The topological polar surface area (TPSA) is 84.7 Å². The summed E-state index contributed by atoms with van der Waals surface area (Å²) < 4.78 is 5.83. The first-order valence-corrected chi connectivity index (χ1v) is 10.0. The molecule has 0 atom stereocenters. The molecule has 0 saturated carbocycles. The average Bonchev–Trinajstić information content (AvgIpc) is 2.70. The number of hydrogen-bond acceptors (Lipinski definition) is 4. The van der Waals surface area contributed by atoms with Gasteiger partial charge in [-0.3, -0.25) is 9.59 Å². The molecule has 6 nitrogen and oxygen atoms in total. The zero-order valence-corrected chi connectivity index (χ0v) is 17.4. The fourth-order valence-corrected chi connectivity index (χ4v) is 3.65. The summed E-state index contributed by atoms with van der Waals surface area (Å²) in [4.78, 5) is 26.9. The summed E-state index contributed by atoms with van der Waals surface area (Å²) >= 11 is 0. The van der Waals surface area contributed by atoms with Crippen molar-refractivity contribution >= 4 is 23.2 Å². The molecule has 6 heteroatoms. The van der Waals surface area contributed by atoms with Crippen LogP contribution in [-0.4, -0.2) is 36.4 Å². The van der Waals surface area contributed by atoms with Gasteiger partial charge < -0.3 is 20.7 Å². The van der Waals surface area contributed by atoms with Crippen LogP contribution in [0.3, 0.4) is 0 Å². The molecule has 0 aliphatic carbocycles. The van der Waals surface area contributed by atoms with Gasteiger partial charge in [0.1, 0.15) is 5.75 Å². The highest BCUT2D eigenvalue weighted by atomic mass is 16.5. The van der Waals surface area contributed by atoms with Gasteiger partial charge in [-0.2, -0.15) is 0 Å². The third-order valence-corrected chi connectivity index (χ3v) is 5.28. The normalized spacial score (nSPS) is 13.8. The van der Waals surface area contributed by atoms with Crippen molar-refractivity contribution in [1.82, 2.24) is 4.90 Å². The van der Waals surface area contributed by atoms with Crippen molar-refractivity contribution in [3.8, 4) is 5.75 Å². The molecule has 0 spiro atoms. The van der Waals surface area contributed by atoms with Crippen molar-refractivity contribution in [2.45, 2.75) is 40.0 Å². The van der Waals surface area contributed by atoms with Crippen molar-refractivity contribution in [1.29, 1.82) is 0 Å². The summed E-state index contributed by atoms with van der Waals surface area (Å²) in [5.74, 6) is 0.468. The van der Waals surface area contributed by atoms with Gasteiger partial charge in [-0.05, 0) is 81.0 Å². The van der Waals surface area contributed by atoms with Crippen molar-refractivity contribution < 1.29 is 14.3 Å². The maximum Gasteiger partial charge on any atom is 0.260 e. The number of nitrogens with two attached hydrogens (primary N) is 1. The van der Waals surface area contributed by atoms with E-state index in [9.17, 15) is 9.59 Å². The zero-order chi connectivity index (χ0) is 21.0. The van der Waals surface area contributed by atoms with Gasteiger partial charge in [0.25, 0.3) is 11.8 Å². The molecule has 0 aromatic heterocycles. The molecular weight excluding hydrogens is 366 g/mol. The first-order valence-electron chi connectivity index (χ1n) is 10.0. The lowest BCUT2D eigenvalue weighted by molar-refractivity contribution is -0.134. The van der Waals surface area contributed by atoms with Crippen LogP contribution in [0.15, 0.2) is 30.3 Å². The minimum atomic E-state index is -0.208. The van der Waals surface area contributed by atoms with Crippen LogP contribution in [0, 0.1) is 20.8 Å². The Morgan fingerprint density at radius 3 is 2.31 bits per heavy atom. The lowest BCUT2D eigenvalue weighted by Gasteiger charge is -2.26. The summed E-state index contributed by atoms with van der Waals surface area (Å²) in [7, 11) is 0. The van der Waals surface area contributed by atoms with Crippen LogP contribution in [0.2, 0.25) is 0 Å². The van der Waals surface area contributed by atoms with E-state index in [0.29, 0.717) is 22.7 Å². The van der Waals surface area contributed by atoms with Gasteiger partial charge in [0.2, 0.25) is 0 Å². The van der Waals surface area contributed by atoms with Gasteiger partial charge in [0, 0.05) is 30.0 Å². The van der Waals surface area contributed by atoms with Gasteiger partial charge in [-0.25, -0.2) is 0 Å². The van der Waals surface area contributed by atoms with Crippen LogP contribution in [0.1, 0.15) is 46.3 Å². The summed E-state index contributed by atoms with van der Waals surface area (Å²) in [6.07, 6.45) is 3.29. The van der Waals surface area contributed by atoms with Crippen molar-refractivity contribution in [3.05, 3.63) is 52.6 Å². The molecule has 3 N–H and O–H groups in total. The first-order chi connectivity index (χ1) is 13.8. The van der Waals surface area contributed by atoms with E-state index in [0.717, 1.165) is 42.6 Å². The fraction of sp³-hybridized carbons (Fsp3) is 0.391. The Hall–Kier alpha value is -3.02. The van der Waals surface area contributed by atoms with Crippen LogP contribution >= 0.6 is 0 Å². The monoisotopic (exact) mass is 395 g/mol. The molecule has 2 aromatic carbocycles. The number of hydrogen-bond donors (Lipinski definition) is 2. The summed E-state index contributed by atoms with van der Waals surface area (Å²) in [5.41, 5.74) is 10.2. The van der Waals surface area contributed by atoms with E-state index < -0.39 is 0 Å². The quantitative estimate of drug-likeness (QED) is 0.754. The van der Waals surface area contributed by atoms with E-state index in [1.807, 2.05) is 31.7 Å². The number of anilines is 2. The Bertz CT molecular complexity index is 895. The van der Waals surface area contributed by atoms with Gasteiger partial charge in [0.15, 0.2) is 6.61 Å². The van der Waals surface area contributed by atoms with E-state index in [1.54, 1.807) is 24.3 Å². The van der Waals surface area contributed by atoms with Crippen molar-refractivity contribution in [2.75, 3.05) is 30.7 Å². The molecule has 0 unspecified atom stereocenters. The molecule has 0 radical (unpaired) electrons. The maximum atomic E-state index is 12.7. The van der Waals surface area contributed by atoms with E-state index in [4.69, 9.17) is 10.5 Å². The molecular formula is C23H29N3O3. The number of nitrogens with zero attached hydrogens (tertiary/aromatic N) is 1. The molecule has 154 valence electrons. The maximum absolute atomic E-state index is 12.7. The highest BCUT2D eigenvalue weighted by molar-refractivity contribution is 6.05. The Kier molecular flexibility index (Phi) is 6.42. The first kappa shape index (κ1) is 20.7. The van der Waals surface area contributed by atoms with Gasteiger partial charge in [0.05, 0.1) is 0 Å². The third-order valence-electron chi connectivity index (χ3n) is 5.28. The Labute approximate surface area is 172 Å².